The minimum absolute atomic E-state index is 0.181. The second kappa shape index (κ2) is 5.72. The summed E-state index contributed by atoms with van der Waals surface area (Å²) in [5.41, 5.74) is -1.75. The zero-order valence-corrected chi connectivity index (χ0v) is 12.1. The zero-order valence-electron chi connectivity index (χ0n) is 12.1. The molecule has 1 unspecified atom stereocenters. The molecule has 0 saturated heterocycles. The predicted octanol–water partition coefficient (Wildman–Crippen LogP) is 3.60. The van der Waals surface area contributed by atoms with Crippen LogP contribution in [-0.2, 0) is 6.18 Å². The summed E-state index contributed by atoms with van der Waals surface area (Å²) in [5, 5.41) is 23.1. The van der Waals surface area contributed by atoms with Gasteiger partial charge in [0.15, 0.2) is 0 Å². The van der Waals surface area contributed by atoms with Crippen molar-refractivity contribution in [2.75, 3.05) is 0 Å². The molecular formula is C14H11F3N4O2. The molecule has 1 aromatic heterocycles. The van der Waals surface area contributed by atoms with Crippen LogP contribution in [0.1, 0.15) is 35.5 Å². The van der Waals surface area contributed by atoms with E-state index in [9.17, 15) is 23.3 Å². The fraction of sp³-hybridized carbons (Fsp3) is 0.286. The van der Waals surface area contributed by atoms with Crippen molar-refractivity contribution < 1.29 is 18.1 Å². The number of aromatic nitrogens is 2. The summed E-state index contributed by atoms with van der Waals surface area (Å²) in [6.45, 7) is 2.80. The van der Waals surface area contributed by atoms with Crippen molar-refractivity contribution in [1.29, 1.82) is 5.26 Å². The summed E-state index contributed by atoms with van der Waals surface area (Å²) in [6, 6.07) is 7.46. The number of benzene rings is 1. The molecule has 1 atom stereocenters. The Morgan fingerprint density at radius 1 is 1.35 bits per heavy atom. The van der Waals surface area contributed by atoms with E-state index >= 15 is 0 Å². The quantitative estimate of drug-likeness (QED) is 0.638. The van der Waals surface area contributed by atoms with Gasteiger partial charge in [-0.2, -0.15) is 23.5 Å². The van der Waals surface area contributed by atoms with E-state index in [1.54, 1.807) is 19.1 Å². The lowest BCUT2D eigenvalue weighted by Gasteiger charge is -2.14. The molecule has 0 aliphatic carbocycles. The molecule has 6 nitrogen and oxygen atoms in total. The highest BCUT2D eigenvalue weighted by Gasteiger charge is 2.44. The van der Waals surface area contributed by atoms with Crippen molar-refractivity contribution in [3.05, 3.63) is 56.9 Å². The van der Waals surface area contributed by atoms with Gasteiger partial charge in [0, 0.05) is 0 Å². The van der Waals surface area contributed by atoms with Gasteiger partial charge in [-0.3, -0.25) is 14.8 Å². The lowest BCUT2D eigenvalue weighted by atomic mass is 10.1. The maximum Gasteiger partial charge on any atom is 0.442 e. The minimum atomic E-state index is -4.91. The summed E-state index contributed by atoms with van der Waals surface area (Å²) in [6.07, 6.45) is -4.91. The second-order valence-electron chi connectivity index (χ2n) is 4.89. The third-order valence-electron chi connectivity index (χ3n) is 3.46. The van der Waals surface area contributed by atoms with Gasteiger partial charge < -0.3 is 0 Å². The van der Waals surface area contributed by atoms with E-state index in [4.69, 9.17) is 5.26 Å². The maximum atomic E-state index is 13.0. The molecule has 120 valence electrons. The predicted molar refractivity (Wildman–Crippen MR) is 73.6 cm³/mol. The van der Waals surface area contributed by atoms with Crippen LogP contribution in [0.25, 0.3) is 0 Å². The number of nitriles is 1. The first-order valence-electron chi connectivity index (χ1n) is 6.47. The topological polar surface area (TPSA) is 84.8 Å². The van der Waals surface area contributed by atoms with Gasteiger partial charge in [-0.05, 0) is 31.5 Å². The average Bonchev–Trinajstić information content (AvgIpc) is 2.84. The molecule has 1 aromatic carbocycles. The van der Waals surface area contributed by atoms with Crippen LogP contribution in [0.15, 0.2) is 24.3 Å². The summed E-state index contributed by atoms with van der Waals surface area (Å²) in [7, 11) is 0. The van der Waals surface area contributed by atoms with Crippen LogP contribution in [0, 0.1) is 28.4 Å². The molecule has 0 spiro atoms. The van der Waals surface area contributed by atoms with Gasteiger partial charge in [-0.1, -0.05) is 12.1 Å². The van der Waals surface area contributed by atoms with Crippen LogP contribution in [0.4, 0.5) is 18.9 Å². The number of nitro groups is 1. The van der Waals surface area contributed by atoms with Crippen LogP contribution >= 0.6 is 0 Å². The summed E-state index contributed by atoms with van der Waals surface area (Å²) >= 11 is 0. The fourth-order valence-electron chi connectivity index (χ4n) is 2.27. The minimum Gasteiger partial charge on any atom is -0.258 e. The first-order chi connectivity index (χ1) is 10.7. The molecule has 9 heteroatoms. The van der Waals surface area contributed by atoms with Crippen molar-refractivity contribution >= 4 is 5.69 Å². The van der Waals surface area contributed by atoms with E-state index in [1.807, 2.05) is 6.07 Å². The summed E-state index contributed by atoms with van der Waals surface area (Å²) < 4.78 is 39.8. The van der Waals surface area contributed by atoms with Crippen molar-refractivity contribution in [3.63, 3.8) is 0 Å². The highest BCUT2D eigenvalue weighted by atomic mass is 19.4. The summed E-state index contributed by atoms with van der Waals surface area (Å²) in [5.74, 6) is 0. The van der Waals surface area contributed by atoms with E-state index in [-0.39, 0.29) is 5.69 Å². The first kappa shape index (κ1) is 16.5. The van der Waals surface area contributed by atoms with Crippen molar-refractivity contribution in [3.8, 4) is 6.07 Å². The van der Waals surface area contributed by atoms with E-state index in [0.29, 0.717) is 11.1 Å². The highest BCUT2D eigenvalue weighted by Crippen LogP contribution is 2.38. The van der Waals surface area contributed by atoms with Gasteiger partial charge in [-0.25, -0.2) is 0 Å². The number of rotatable bonds is 3. The molecular weight excluding hydrogens is 313 g/mol. The van der Waals surface area contributed by atoms with E-state index in [0.717, 1.165) is 4.68 Å². The van der Waals surface area contributed by atoms with Crippen LogP contribution in [0.2, 0.25) is 0 Å². The first-order valence-corrected chi connectivity index (χ1v) is 6.47. The molecule has 0 N–H and O–H groups in total. The van der Waals surface area contributed by atoms with Gasteiger partial charge in [0.2, 0.25) is 5.69 Å². The summed E-state index contributed by atoms with van der Waals surface area (Å²) in [4.78, 5) is 9.89. The molecule has 1 heterocycles. The molecule has 0 amide bonds. The molecule has 0 saturated carbocycles. The molecule has 0 bridgehead atoms. The standard InChI is InChI=1S/C14H11F3N4O2/c1-8(11-5-3-10(7-18)4-6-11)20-9(2)12(21(22)23)13(19-20)14(15,16)17/h3-6,8H,1-2H3. The Kier molecular flexibility index (Phi) is 4.10. The van der Waals surface area contributed by atoms with Crippen LogP contribution < -0.4 is 0 Å². The Hall–Kier alpha value is -2.89. The molecule has 0 radical (unpaired) electrons. The Morgan fingerprint density at radius 3 is 2.30 bits per heavy atom. The molecule has 0 fully saturated rings. The van der Waals surface area contributed by atoms with Crippen LogP contribution in [-0.4, -0.2) is 14.7 Å². The number of hydrogen-bond donors (Lipinski definition) is 0. The monoisotopic (exact) mass is 324 g/mol. The van der Waals surface area contributed by atoms with E-state index in [2.05, 4.69) is 5.10 Å². The Balaban J connectivity index is 2.54. The third-order valence-corrected chi connectivity index (χ3v) is 3.46. The van der Waals surface area contributed by atoms with Crippen molar-refractivity contribution in [2.45, 2.75) is 26.1 Å². The van der Waals surface area contributed by atoms with Gasteiger partial charge >= 0.3 is 11.9 Å². The number of alkyl halides is 3. The average molecular weight is 324 g/mol. The zero-order chi connectivity index (χ0) is 17.4. The van der Waals surface area contributed by atoms with Crippen molar-refractivity contribution in [2.24, 2.45) is 0 Å². The normalized spacial score (nSPS) is 12.7. The van der Waals surface area contributed by atoms with E-state index < -0.39 is 28.5 Å². The molecule has 0 aliphatic heterocycles. The Labute approximate surface area is 128 Å². The maximum absolute atomic E-state index is 13.0. The van der Waals surface area contributed by atoms with Gasteiger partial charge in [0.05, 0.1) is 22.6 Å². The number of halogens is 3. The lowest BCUT2D eigenvalue weighted by Crippen LogP contribution is -2.12. The largest absolute Gasteiger partial charge is 0.442 e. The Morgan fingerprint density at radius 2 is 1.91 bits per heavy atom. The smallest absolute Gasteiger partial charge is 0.258 e. The van der Waals surface area contributed by atoms with Gasteiger partial charge in [0.25, 0.3) is 0 Å². The molecule has 0 aliphatic rings. The van der Waals surface area contributed by atoms with Crippen LogP contribution in [0.3, 0.4) is 0 Å². The molecule has 2 rings (SSSR count). The highest BCUT2D eigenvalue weighted by molar-refractivity contribution is 5.43. The second-order valence-corrected chi connectivity index (χ2v) is 4.89. The Bertz CT molecular complexity index is 788. The van der Waals surface area contributed by atoms with Crippen LogP contribution in [0.5, 0.6) is 0 Å². The van der Waals surface area contributed by atoms with Crippen molar-refractivity contribution in [1.82, 2.24) is 9.78 Å². The third kappa shape index (κ3) is 3.01. The van der Waals surface area contributed by atoms with Gasteiger partial charge in [-0.15, -0.1) is 0 Å². The van der Waals surface area contributed by atoms with E-state index in [1.165, 1.54) is 19.1 Å². The SMILES string of the molecule is Cc1c([N+](=O)[O-])c(C(F)(F)F)nn1C(C)c1ccc(C#N)cc1. The van der Waals surface area contributed by atoms with Gasteiger partial charge in [0.1, 0.15) is 5.69 Å². The molecule has 2 aromatic rings. The lowest BCUT2D eigenvalue weighted by molar-refractivity contribution is -0.388. The molecule has 23 heavy (non-hydrogen) atoms. The fourth-order valence-corrected chi connectivity index (χ4v) is 2.27. The number of hydrogen-bond acceptors (Lipinski definition) is 4. The number of nitrogens with zero attached hydrogens (tertiary/aromatic N) is 4.